The molecule has 5 nitrogen and oxygen atoms in total. The highest BCUT2D eigenvalue weighted by atomic mass is 16.6. The van der Waals surface area contributed by atoms with Gasteiger partial charge in [-0.15, -0.1) is 0 Å². The molecular weight excluding hydrogens is 392 g/mol. The maximum absolute atomic E-state index is 14.0. The van der Waals surface area contributed by atoms with Crippen LogP contribution in [-0.4, -0.2) is 28.4 Å². The molecule has 1 aliphatic heterocycles. The molecule has 0 bridgehead atoms. The number of ketones is 2. The van der Waals surface area contributed by atoms with Gasteiger partial charge in [-0.3, -0.25) is 9.59 Å². The second-order valence-electron chi connectivity index (χ2n) is 11.6. The largest absolute Gasteiger partial charge is 0.504 e. The monoisotopic (exact) mass is 422 g/mol. The topological polar surface area (TPSA) is 80.0 Å². The van der Waals surface area contributed by atoms with Crippen molar-refractivity contribution < 1.29 is 23.8 Å². The van der Waals surface area contributed by atoms with Crippen molar-refractivity contribution in [1.82, 2.24) is 0 Å². The fourth-order valence-corrected chi connectivity index (χ4v) is 8.78. The van der Waals surface area contributed by atoms with E-state index in [1.165, 1.54) is 5.56 Å². The van der Waals surface area contributed by atoms with Gasteiger partial charge < -0.3 is 14.3 Å². The van der Waals surface area contributed by atoms with Crippen LogP contribution in [-0.2, 0) is 14.3 Å². The molecule has 0 radical (unpaired) electrons. The summed E-state index contributed by atoms with van der Waals surface area (Å²) >= 11 is 0. The molecule has 1 N–H and O–H groups in total. The summed E-state index contributed by atoms with van der Waals surface area (Å²) in [5, 5.41) is 11.4. The number of carbonyl (C=O) groups excluding carboxylic acids is 2. The third-order valence-electron chi connectivity index (χ3n) is 10.2. The Morgan fingerprint density at radius 1 is 1.13 bits per heavy atom. The van der Waals surface area contributed by atoms with Crippen LogP contribution in [0.5, 0.6) is 0 Å². The molecule has 1 spiro atoms. The van der Waals surface area contributed by atoms with Gasteiger partial charge in [-0.05, 0) is 75.1 Å². The Bertz CT molecular complexity index is 1090. The Morgan fingerprint density at radius 2 is 1.87 bits per heavy atom. The number of ether oxygens (including phenoxy) is 1. The fourth-order valence-electron chi connectivity index (χ4n) is 8.78. The number of rotatable bonds is 1. The first kappa shape index (κ1) is 19.5. The maximum atomic E-state index is 14.0. The van der Waals surface area contributed by atoms with Crippen molar-refractivity contribution in [3.05, 3.63) is 47.6 Å². The lowest BCUT2D eigenvalue weighted by atomic mass is 9.39. The van der Waals surface area contributed by atoms with E-state index in [2.05, 4.69) is 13.8 Å². The van der Waals surface area contributed by atoms with E-state index in [0.717, 1.165) is 19.3 Å². The zero-order chi connectivity index (χ0) is 22.2. The second kappa shape index (κ2) is 5.25. The van der Waals surface area contributed by atoms with Crippen molar-refractivity contribution in [2.75, 3.05) is 0 Å². The molecule has 2 saturated carbocycles. The lowest BCUT2D eigenvalue weighted by Gasteiger charge is -2.62. The van der Waals surface area contributed by atoms with Crippen LogP contribution in [0, 0.1) is 27.6 Å². The summed E-state index contributed by atoms with van der Waals surface area (Å²) < 4.78 is 11.9. The Labute approximate surface area is 182 Å². The smallest absolute Gasteiger partial charge is 0.206 e. The molecule has 0 aromatic carbocycles. The molecule has 3 fully saturated rings. The van der Waals surface area contributed by atoms with Gasteiger partial charge in [-0.25, -0.2) is 0 Å². The fraction of sp³-hybridized carbons (Fsp3) is 0.615. The van der Waals surface area contributed by atoms with E-state index in [-0.39, 0.29) is 40.7 Å². The summed E-state index contributed by atoms with van der Waals surface area (Å²) in [6.45, 7) is 10.0. The van der Waals surface area contributed by atoms with Crippen molar-refractivity contribution in [3.63, 3.8) is 0 Å². The van der Waals surface area contributed by atoms with E-state index in [4.69, 9.17) is 9.15 Å². The molecule has 6 rings (SSSR count). The Balaban J connectivity index is 1.57. The molecule has 0 amide bonds. The van der Waals surface area contributed by atoms with E-state index in [1.807, 2.05) is 39.2 Å². The van der Waals surface area contributed by atoms with Gasteiger partial charge in [-0.1, -0.05) is 19.9 Å². The molecule has 164 valence electrons. The quantitative estimate of drug-likeness (QED) is 0.652. The Morgan fingerprint density at radius 3 is 2.55 bits per heavy atom. The molecule has 5 aliphatic rings. The molecule has 5 heteroatoms. The van der Waals surface area contributed by atoms with E-state index in [0.29, 0.717) is 5.57 Å². The van der Waals surface area contributed by atoms with Gasteiger partial charge in [0.25, 0.3) is 0 Å². The number of carbonyl (C=O) groups is 2. The Hall–Kier alpha value is -2.14. The van der Waals surface area contributed by atoms with Crippen LogP contribution in [0.2, 0.25) is 0 Å². The van der Waals surface area contributed by atoms with E-state index in [9.17, 15) is 14.7 Å². The number of Topliss-reactive ketones (excluding diaryl/α,β-unsaturated/α-hetero) is 1. The average Bonchev–Trinajstić information content (AvgIpc) is 3.07. The van der Waals surface area contributed by atoms with Crippen molar-refractivity contribution in [3.8, 4) is 0 Å². The van der Waals surface area contributed by atoms with Gasteiger partial charge in [0, 0.05) is 10.8 Å². The van der Waals surface area contributed by atoms with Gasteiger partial charge in [0.2, 0.25) is 5.78 Å². The summed E-state index contributed by atoms with van der Waals surface area (Å²) in [5.74, 6) is -0.312. The lowest BCUT2D eigenvalue weighted by Crippen LogP contribution is -2.66. The number of aliphatic hydroxyl groups is 1. The van der Waals surface area contributed by atoms with Crippen molar-refractivity contribution in [1.29, 1.82) is 0 Å². The molecule has 2 heterocycles. The first-order chi connectivity index (χ1) is 14.5. The standard InChI is InChI=1S/C26H30O5/c1-22(2)17(27)7-9-23(3)16-6-10-24(4)15(14-8-11-30-13-14)12-18-26(24,31-18)25(16,5)21(29)19(28)20(22)23/h7-9,11,13,15-16,18,28H,6,10,12H2,1-5H3/t15-,16-,18+,23-,24-,25-,26-/m0/s1. The summed E-state index contributed by atoms with van der Waals surface area (Å²) in [6.07, 6.45) is 9.76. The van der Waals surface area contributed by atoms with Crippen molar-refractivity contribution in [2.45, 2.75) is 71.5 Å². The summed E-state index contributed by atoms with van der Waals surface area (Å²) in [4.78, 5) is 26.7. The van der Waals surface area contributed by atoms with Crippen LogP contribution >= 0.6 is 0 Å². The molecule has 0 unspecified atom stereocenters. The van der Waals surface area contributed by atoms with E-state index in [1.54, 1.807) is 12.3 Å². The van der Waals surface area contributed by atoms with Crippen LogP contribution < -0.4 is 0 Å². The number of hydrogen-bond acceptors (Lipinski definition) is 5. The highest BCUT2D eigenvalue weighted by Crippen LogP contribution is 2.81. The first-order valence-electron chi connectivity index (χ1n) is 11.4. The number of allylic oxidation sites excluding steroid dienone is 4. The van der Waals surface area contributed by atoms with Gasteiger partial charge in [0.05, 0.1) is 29.5 Å². The predicted molar refractivity (Wildman–Crippen MR) is 113 cm³/mol. The minimum absolute atomic E-state index is 0.00527. The van der Waals surface area contributed by atoms with Crippen LogP contribution in [0.1, 0.15) is 65.4 Å². The minimum Gasteiger partial charge on any atom is -0.504 e. The maximum Gasteiger partial charge on any atom is 0.206 e. The van der Waals surface area contributed by atoms with Gasteiger partial charge in [-0.2, -0.15) is 0 Å². The van der Waals surface area contributed by atoms with Gasteiger partial charge >= 0.3 is 0 Å². The molecular formula is C26H30O5. The number of aliphatic hydroxyl groups excluding tert-OH is 1. The average molecular weight is 423 g/mol. The zero-order valence-corrected chi connectivity index (χ0v) is 18.8. The highest BCUT2D eigenvalue weighted by Gasteiger charge is 2.87. The van der Waals surface area contributed by atoms with Gasteiger partial charge in [0.15, 0.2) is 11.5 Å². The van der Waals surface area contributed by atoms with Crippen LogP contribution in [0.15, 0.2) is 46.5 Å². The molecule has 7 atom stereocenters. The lowest BCUT2D eigenvalue weighted by molar-refractivity contribution is -0.162. The summed E-state index contributed by atoms with van der Waals surface area (Å²) in [6, 6.07) is 2.03. The molecule has 1 aromatic rings. The number of epoxide rings is 1. The normalized spacial score (nSPS) is 49.4. The molecule has 31 heavy (non-hydrogen) atoms. The van der Waals surface area contributed by atoms with Crippen LogP contribution in [0.4, 0.5) is 0 Å². The van der Waals surface area contributed by atoms with Crippen LogP contribution in [0.3, 0.4) is 0 Å². The molecule has 4 aliphatic carbocycles. The number of furan rings is 1. The number of fused-ring (bicyclic) bond motifs is 3. The van der Waals surface area contributed by atoms with E-state index >= 15 is 0 Å². The first-order valence-corrected chi connectivity index (χ1v) is 11.4. The molecule has 1 aromatic heterocycles. The number of hydrogen-bond donors (Lipinski definition) is 1. The predicted octanol–water partition coefficient (Wildman–Crippen LogP) is 4.89. The third-order valence-corrected chi connectivity index (χ3v) is 10.2. The van der Waals surface area contributed by atoms with Crippen molar-refractivity contribution in [2.24, 2.45) is 27.6 Å². The zero-order valence-electron chi connectivity index (χ0n) is 18.8. The third kappa shape index (κ3) is 1.80. The summed E-state index contributed by atoms with van der Waals surface area (Å²) in [7, 11) is 0. The van der Waals surface area contributed by atoms with Crippen LogP contribution in [0.25, 0.3) is 0 Å². The highest BCUT2D eigenvalue weighted by molar-refractivity contribution is 6.06. The second-order valence-corrected chi connectivity index (χ2v) is 11.6. The summed E-state index contributed by atoms with van der Waals surface area (Å²) in [5.41, 5.74) is -1.40. The van der Waals surface area contributed by atoms with E-state index < -0.39 is 21.8 Å². The van der Waals surface area contributed by atoms with Crippen molar-refractivity contribution >= 4 is 11.6 Å². The van der Waals surface area contributed by atoms with Gasteiger partial charge in [0.1, 0.15) is 5.60 Å². The molecule has 1 saturated heterocycles. The minimum atomic E-state index is -0.901. The Kier molecular flexibility index (Phi) is 3.31. The SMILES string of the molecule is CC1(C)C(=O)C=C[C@]2(C)C1=C(O)C(=O)[C@]1(C)[C@H]2CC[C@@]2(C)[C@H](c3ccoc3)C[C@H]3O[C@@]321.